The highest BCUT2D eigenvalue weighted by atomic mass is 19.1. The highest BCUT2D eigenvalue weighted by Crippen LogP contribution is 2.11. The molecule has 0 spiro atoms. The molecule has 0 radical (unpaired) electrons. The predicted molar refractivity (Wildman–Crippen MR) is 68.1 cm³/mol. The Morgan fingerprint density at radius 1 is 1.47 bits per heavy atom. The van der Waals surface area contributed by atoms with Gasteiger partial charge in [0.15, 0.2) is 5.84 Å². The summed E-state index contributed by atoms with van der Waals surface area (Å²) in [5, 5.41) is 13.7. The van der Waals surface area contributed by atoms with Crippen LogP contribution in [0.4, 0.5) is 4.39 Å². The zero-order chi connectivity index (χ0) is 13.7. The lowest BCUT2D eigenvalue weighted by Crippen LogP contribution is -2.45. The zero-order valence-corrected chi connectivity index (χ0v) is 10.5. The number of benzene rings is 1. The molecule has 19 heavy (non-hydrogen) atoms. The van der Waals surface area contributed by atoms with Crippen LogP contribution in [0.3, 0.4) is 0 Å². The maximum absolute atomic E-state index is 13.2. The van der Waals surface area contributed by atoms with Crippen LogP contribution in [0.15, 0.2) is 23.4 Å². The molecule has 104 valence electrons. The summed E-state index contributed by atoms with van der Waals surface area (Å²) in [6.07, 6.45) is 0. The van der Waals surface area contributed by atoms with Crippen molar-refractivity contribution in [1.29, 1.82) is 0 Å². The molecule has 4 N–H and O–H groups in total. The van der Waals surface area contributed by atoms with Gasteiger partial charge in [-0.2, -0.15) is 0 Å². The minimum atomic E-state index is -0.420. The molecule has 7 heteroatoms. The lowest BCUT2D eigenvalue weighted by Gasteiger charge is -2.27. The molecule has 1 fully saturated rings. The molecule has 1 saturated heterocycles. The summed E-state index contributed by atoms with van der Waals surface area (Å²) in [5.41, 5.74) is 9.92. The minimum absolute atomic E-state index is 0.0988. The Hall–Kier alpha value is -1.70. The molecule has 0 aliphatic carbocycles. The molecule has 2 rings (SSSR count). The van der Waals surface area contributed by atoms with E-state index in [9.17, 15) is 4.39 Å². The van der Waals surface area contributed by atoms with E-state index in [0.29, 0.717) is 25.3 Å². The number of hydrazine groups is 1. The van der Waals surface area contributed by atoms with Crippen LogP contribution in [0.1, 0.15) is 11.1 Å². The van der Waals surface area contributed by atoms with E-state index in [0.717, 1.165) is 18.7 Å². The third-order valence-corrected chi connectivity index (χ3v) is 2.96. The van der Waals surface area contributed by atoms with Gasteiger partial charge in [0.05, 0.1) is 13.2 Å². The highest BCUT2D eigenvalue weighted by Gasteiger charge is 2.12. The normalized spacial score (nSPS) is 17.6. The van der Waals surface area contributed by atoms with Gasteiger partial charge >= 0.3 is 0 Å². The first-order valence-electron chi connectivity index (χ1n) is 6.03. The monoisotopic (exact) mass is 268 g/mol. The first-order chi connectivity index (χ1) is 9.20. The van der Waals surface area contributed by atoms with Gasteiger partial charge in [-0.25, -0.2) is 9.40 Å². The Morgan fingerprint density at radius 2 is 2.21 bits per heavy atom. The van der Waals surface area contributed by atoms with Gasteiger partial charge in [-0.05, 0) is 17.7 Å². The summed E-state index contributed by atoms with van der Waals surface area (Å²) in [6, 6.07) is 4.23. The molecule has 0 aromatic heterocycles. The molecule has 1 aliphatic heterocycles. The lowest BCUT2D eigenvalue weighted by atomic mass is 10.1. The Labute approximate surface area is 110 Å². The average Bonchev–Trinajstić information content (AvgIpc) is 2.46. The first kappa shape index (κ1) is 13.7. The maximum Gasteiger partial charge on any atom is 0.170 e. The molecule has 1 aromatic rings. The zero-order valence-electron chi connectivity index (χ0n) is 10.5. The van der Waals surface area contributed by atoms with Crippen LogP contribution in [-0.2, 0) is 11.3 Å². The molecule has 0 atom stereocenters. The number of nitrogens with zero attached hydrogens (tertiary/aromatic N) is 2. The van der Waals surface area contributed by atoms with E-state index in [4.69, 9.17) is 15.7 Å². The van der Waals surface area contributed by atoms with Crippen LogP contribution >= 0.6 is 0 Å². The van der Waals surface area contributed by atoms with E-state index in [2.05, 4.69) is 10.6 Å². The van der Waals surface area contributed by atoms with Crippen molar-refractivity contribution in [2.24, 2.45) is 10.9 Å². The van der Waals surface area contributed by atoms with E-state index >= 15 is 0 Å². The molecular weight excluding hydrogens is 251 g/mol. The Kier molecular flexibility index (Phi) is 4.67. The number of halogens is 1. The van der Waals surface area contributed by atoms with Gasteiger partial charge in [0.1, 0.15) is 5.82 Å². The fourth-order valence-electron chi connectivity index (χ4n) is 1.91. The van der Waals surface area contributed by atoms with Crippen LogP contribution < -0.4 is 11.2 Å². The van der Waals surface area contributed by atoms with Crippen molar-refractivity contribution in [3.63, 3.8) is 0 Å². The van der Waals surface area contributed by atoms with Crippen molar-refractivity contribution in [1.82, 2.24) is 10.4 Å². The van der Waals surface area contributed by atoms with Gasteiger partial charge in [-0.3, -0.25) is 5.43 Å². The van der Waals surface area contributed by atoms with Gasteiger partial charge < -0.3 is 15.7 Å². The van der Waals surface area contributed by atoms with Gasteiger partial charge in [-0.1, -0.05) is 11.2 Å². The largest absolute Gasteiger partial charge is 0.409 e. The third-order valence-electron chi connectivity index (χ3n) is 2.96. The molecule has 0 amide bonds. The number of hydrogen-bond acceptors (Lipinski definition) is 5. The van der Waals surface area contributed by atoms with Gasteiger partial charge in [0, 0.05) is 25.2 Å². The van der Waals surface area contributed by atoms with Crippen LogP contribution in [0.2, 0.25) is 0 Å². The number of ether oxygens (including phenoxy) is 1. The molecule has 0 saturated carbocycles. The molecular formula is C12H17FN4O2. The molecule has 0 bridgehead atoms. The minimum Gasteiger partial charge on any atom is -0.409 e. The average molecular weight is 268 g/mol. The smallest absolute Gasteiger partial charge is 0.170 e. The Balaban J connectivity index is 2.06. The van der Waals surface area contributed by atoms with E-state index in [1.165, 1.54) is 12.1 Å². The van der Waals surface area contributed by atoms with Gasteiger partial charge in [0.2, 0.25) is 0 Å². The Morgan fingerprint density at radius 3 is 2.89 bits per heavy atom. The molecule has 1 aliphatic rings. The summed E-state index contributed by atoms with van der Waals surface area (Å²) in [5.74, 6) is -0.519. The predicted octanol–water partition coefficient (Wildman–Crippen LogP) is 0.257. The van der Waals surface area contributed by atoms with Crippen molar-refractivity contribution in [2.75, 3.05) is 26.3 Å². The number of amidine groups is 1. The summed E-state index contributed by atoms with van der Waals surface area (Å²) >= 11 is 0. The quantitative estimate of drug-likeness (QED) is 0.316. The second-order valence-electron chi connectivity index (χ2n) is 4.22. The van der Waals surface area contributed by atoms with E-state index in [-0.39, 0.29) is 5.84 Å². The van der Waals surface area contributed by atoms with Crippen LogP contribution in [0, 0.1) is 5.82 Å². The van der Waals surface area contributed by atoms with Crippen molar-refractivity contribution in [2.45, 2.75) is 6.54 Å². The molecule has 6 nitrogen and oxygen atoms in total. The molecule has 1 aromatic carbocycles. The summed E-state index contributed by atoms with van der Waals surface area (Å²) in [7, 11) is 0. The maximum atomic E-state index is 13.2. The number of nitrogens with one attached hydrogen (secondary N) is 1. The lowest BCUT2D eigenvalue weighted by molar-refractivity contribution is 0.0105. The van der Waals surface area contributed by atoms with E-state index in [1.54, 1.807) is 6.07 Å². The number of hydrogen-bond donors (Lipinski definition) is 3. The first-order valence-corrected chi connectivity index (χ1v) is 6.03. The summed E-state index contributed by atoms with van der Waals surface area (Å²) in [4.78, 5) is 0. The number of oxime groups is 1. The molecule has 0 unspecified atom stereocenters. The van der Waals surface area contributed by atoms with Gasteiger partial charge in [0.25, 0.3) is 0 Å². The SMILES string of the molecule is N/C(=N/O)c1cc(F)ccc1CNN1CCOCC1. The second-order valence-corrected chi connectivity index (χ2v) is 4.22. The summed E-state index contributed by atoms with van der Waals surface area (Å²) < 4.78 is 18.4. The summed E-state index contributed by atoms with van der Waals surface area (Å²) in [6.45, 7) is 3.43. The van der Waals surface area contributed by atoms with Crippen molar-refractivity contribution < 1.29 is 14.3 Å². The van der Waals surface area contributed by atoms with Crippen LogP contribution in [0.5, 0.6) is 0 Å². The van der Waals surface area contributed by atoms with Crippen molar-refractivity contribution >= 4 is 5.84 Å². The highest BCUT2D eigenvalue weighted by molar-refractivity contribution is 5.98. The van der Waals surface area contributed by atoms with Crippen LogP contribution in [0.25, 0.3) is 0 Å². The fraction of sp³-hybridized carbons (Fsp3) is 0.417. The topological polar surface area (TPSA) is 83.1 Å². The standard InChI is InChI=1S/C12H17FN4O2/c13-10-2-1-9(11(7-10)12(14)16-18)8-15-17-3-5-19-6-4-17/h1-2,7,15,18H,3-6,8H2,(H2,14,16). The number of morpholine rings is 1. The van der Waals surface area contributed by atoms with Gasteiger partial charge in [-0.15, -0.1) is 0 Å². The second kappa shape index (κ2) is 6.46. The third kappa shape index (κ3) is 3.63. The fourth-order valence-corrected chi connectivity index (χ4v) is 1.91. The van der Waals surface area contributed by atoms with Crippen molar-refractivity contribution in [3.8, 4) is 0 Å². The number of nitrogens with two attached hydrogens (primary N) is 1. The van der Waals surface area contributed by atoms with Crippen LogP contribution in [-0.4, -0.2) is 42.4 Å². The Bertz CT molecular complexity index is 461. The van der Waals surface area contributed by atoms with Crippen molar-refractivity contribution in [3.05, 3.63) is 35.1 Å². The molecule has 1 heterocycles. The number of rotatable bonds is 4. The van der Waals surface area contributed by atoms with E-state index in [1.807, 2.05) is 5.01 Å². The van der Waals surface area contributed by atoms with E-state index < -0.39 is 5.82 Å².